The molecule has 2 heterocycles. The molecule has 0 saturated carbocycles. The van der Waals surface area contributed by atoms with E-state index in [1.54, 1.807) is 24.3 Å². The Labute approximate surface area is 210 Å². The van der Waals surface area contributed by atoms with E-state index >= 15 is 0 Å². The summed E-state index contributed by atoms with van der Waals surface area (Å²) in [7, 11) is -3.69. The number of amidine groups is 1. The molecule has 3 aromatic rings. The summed E-state index contributed by atoms with van der Waals surface area (Å²) < 4.78 is 33.7. The molecule has 36 heavy (non-hydrogen) atoms. The van der Waals surface area contributed by atoms with Gasteiger partial charge in [-0.25, -0.2) is 18.4 Å². The van der Waals surface area contributed by atoms with E-state index in [4.69, 9.17) is 10.5 Å². The van der Waals surface area contributed by atoms with Crippen molar-refractivity contribution in [3.8, 4) is 5.75 Å². The van der Waals surface area contributed by atoms with E-state index in [2.05, 4.69) is 19.7 Å². The summed E-state index contributed by atoms with van der Waals surface area (Å²) in [5, 5.41) is 2.97. The summed E-state index contributed by atoms with van der Waals surface area (Å²) in [5.41, 5.74) is 6.58. The Morgan fingerprint density at radius 2 is 1.67 bits per heavy atom. The lowest BCUT2D eigenvalue weighted by atomic mass is 9.72. The van der Waals surface area contributed by atoms with Gasteiger partial charge in [-0.15, -0.1) is 4.40 Å². The van der Waals surface area contributed by atoms with Crippen molar-refractivity contribution in [3.05, 3.63) is 84.3 Å². The predicted molar refractivity (Wildman–Crippen MR) is 137 cm³/mol. The lowest BCUT2D eigenvalue weighted by Crippen LogP contribution is -2.51. The van der Waals surface area contributed by atoms with Gasteiger partial charge in [0.15, 0.2) is 11.5 Å². The minimum atomic E-state index is -3.69. The normalized spacial score (nSPS) is 15.8. The maximum Gasteiger partial charge on any atom is 0.308 e. The number of anilines is 1. The van der Waals surface area contributed by atoms with Crippen LogP contribution in [0.2, 0.25) is 0 Å². The van der Waals surface area contributed by atoms with Crippen molar-refractivity contribution < 1.29 is 17.9 Å². The number of carbonyl (C=O) groups is 1. The van der Waals surface area contributed by atoms with Gasteiger partial charge in [-0.2, -0.15) is 0 Å². The molecule has 1 amide bonds. The number of rotatable bonds is 6. The first-order valence-corrected chi connectivity index (χ1v) is 13.3. The van der Waals surface area contributed by atoms with Crippen LogP contribution in [0, 0.1) is 0 Å². The molecule has 1 aromatic heterocycles. The van der Waals surface area contributed by atoms with Crippen LogP contribution in [0.15, 0.2) is 77.5 Å². The fraction of sp³-hybridized carbons (Fsp3) is 0.280. The number of para-hydroxylation sites is 1. The molecule has 0 radical (unpaired) electrons. The van der Waals surface area contributed by atoms with Crippen molar-refractivity contribution in [2.45, 2.75) is 18.3 Å². The Kier molecular flexibility index (Phi) is 7.49. The van der Waals surface area contributed by atoms with Gasteiger partial charge in [0, 0.05) is 37.4 Å². The molecular weight excluding hydrogens is 480 g/mol. The van der Waals surface area contributed by atoms with Crippen LogP contribution in [-0.4, -0.2) is 61.1 Å². The van der Waals surface area contributed by atoms with Gasteiger partial charge in [0.1, 0.15) is 5.75 Å². The fourth-order valence-corrected chi connectivity index (χ4v) is 4.66. The predicted octanol–water partition coefficient (Wildman–Crippen LogP) is 2.22. The summed E-state index contributed by atoms with van der Waals surface area (Å²) in [6, 6.07) is 18.9. The molecule has 2 aromatic carbocycles. The number of ether oxygens (including phenoxy) is 1. The molecule has 1 saturated heterocycles. The number of hydrogen-bond acceptors (Lipinski definition) is 7. The number of nitrogen functional groups attached to an aromatic ring is 1. The number of benzene rings is 2. The minimum absolute atomic E-state index is 0.0294. The van der Waals surface area contributed by atoms with Crippen molar-refractivity contribution >= 4 is 27.8 Å². The highest BCUT2D eigenvalue weighted by Crippen LogP contribution is 2.35. The van der Waals surface area contributed by atoms with Gasteiger partial charge in [-0.3, -0.25) is 4.79 Å². The van der Waals surface area contributed by atoms with Crippen LogP contribution in [0.25, 0.3) is 0 Å². The number of nitrogens with two attached hydrogens (primary N) is 1. The molecule has 0 unspecified atom stereocenters. The first kappa shape index (κ1) is 25.1. The first-order chi connectivity index (χ1) is 17.3. The Hall–Kier alpha value is -3.99. The van der Waals surface area contributed by atoms with Crippen molar-refractivity contribution in [3.63, 3.8) is 0 Å². The number of nitrogens with zero attached hydrogens (tertiary/aromatic N) is 4. The van der Waals surface area contributed by atoms with Gasteiger partial charge >= 0.3 is 6.02 Å². The van der Waals surface area contributed by atoms with Crippen LogP contribution >= 0.6 is 0 Å². The molecule has 11 heteroatoms. The van der Waals surface area contributed by atoms with Crippen LogP contribution in [0.4, 0.5) is 5.82 Å². The monoisotopic (exact) mass is 508 g/mol. The molecule has 10 nitrogen and oxygen atoms in total. The molecule has 0 atom stereocenters. The van der Waals surface area contributed by atoms with E-state index < -0.39 is 21.3 Å². The molecule has 1 aliphatic rings. The zero-order valence-electron chi connectivity index (χ0n) is 19.9. The second-order valence-corrected chi connectivity index (χ2v) is 10.3. The number of aromatic nitrogens is 2. The van der Waals surface area contributed by atoms with Gasteiger partial charge in [-0.1, -0.05) is 48.5 Å². The van der Waals surface area contributed by atoms with Crippen LogP contribution in [-0.2, 0) is 15.4 Å². The van der Waals surface area contributed by atoms with Crippen molar-refractivity contribution in [2.75, 3.05) is 31.6 Å². The van der Waals surface area contributed by atoms with Gasteiger partial charge in [-0.05, 0) is 30.5 Å². The Bertz CT molecular complexity index is 1320. The molecule has 0 bridgehead atoms. The van der Waals surface area contributed by atoms with Crippen LogP contribution < -0.4 is 15.8 Å². The average Bonchev–Trinajstić information content (AvgIpc) is 2.88. The van der Waals surface area contributed by atoms with Crippen molar-refractivity contribution in [2.24, 2.45) is 4.40 Å². The van der Waals surface area contributed by atoms with Crippen LogP contribution in [0.1, 0.15) is 28.9 Å². The summed E-state index contributed by atoms with van der Waals surface area (Å²) in [6.07, 6.45) is 5.13. The molecule has 4 rings (SSSR count). The quantitative estimate of drug-likeness (QED) is 0.382. The summed E-state index contributed by atoms with van der Waals surface area (Å²) >= 11 is 0. The summed E-state index contributed by atoms with van der Waals surface area (Å²) in [5.74, 6) is 0.164. The Balaban J connectivity index is 1.55. The van der Waals surface area contributed by atoms with Gasteiger partial charge in [0.05, 0.1) is 6.26 Å². The number of carbonyl (C=O) groups excluding carboxylic acids is 1. The molecule has 0 aliphatic carbocycles. The number of amides is 1. The van der Waals surface area contributed by atoms with Crippen molar-refractivity contribution in [1.82, 2.24) is 20.2 Å². The molecule has 3 N–H and O–H groups in total. The standard InChI is InChI=1S/C25H28N6O4S/c1-36(33,34)30-24(35-20-10-6-3-7-11-20)31-16-12-25(13-17-31,19-8-4-2-5-9-19)18-29-23(32)21-22(26)28-15-14-27-21/h2-11,14-15H,12-13,16-18H2,1H3,(H2,26,28)(H,29,32)/b30-24+. The van der Waals surface area contributed by atoms with E-state index in [-0.39, 0.29) is 17.5 Å². The number of likely N-dealkylation sites (tertiary alicyclic amines) is 1. The molecule has 1 aliphatic heterocycles. The van der Waals surface area contributed by atoms with Gasteiger partial charge in [0.25, 0.3) is 15.9 Å². The lowest BCUT2D eigenvalue weighted by molar-refractivity contribution is 0.0926. The van der Waals surface area contributed by atoms with Crippen LogP contribution in [0.5, 0.6) is 5.75 Å². The number of nitrogens with one attached hydrogen (secondary N) is 1. The Morgan fingerprint density at radius 3 is 2.28 bits per heavy atom. The smallest absolute Gasteiger partial charge is 0.308 e. The zero-order chi connectivity index (χ0) is 25.6. The van der Waals surface area contributed by atoms with Crippen molar-refractivity contribution in [1.29, 1.82) is 0 Å². The van der Waals surface area contributed by atoms with E-state index in [9.17, 15) is 13.2 Å². The minimum Gasteiger partial charge on any atom is -0.425 e. The second-order valence-electron chi connectivity index (χ2n) is 8.63. The third kappa shape index (κ3) is 6.16. The highest BCUT2D eigenvalue weighted by molar-refractivity contribution is 7.89. The van der Waals surface area contributed by atoms with Crippen LogP contribution in [0.3, 0.4) is 0 Å². The number of piperidine rings is 1. The van der Waals surface area contributed by atoms with Gasteiger partial charge < -0.3 is 20.7 Å². The van der Waals surface area contributed by atoms with E-state index in [1.165, 1.54) is 12.4 Å². The lowest BCUT2D eigenvalue weighted by Gasteiger charge is -2.42. The largest absolute Gasteiger partial charge is 0.425 e. The SMILES string of the molecule is CS(=O)(=O)/N=C(/Oc1ccccc1)N1CCC(CNC(=O)c2nccnc2N)(c2ccccc2)CC1. The fourth-order valence-electron chi connectivity index (χ4n) is 4.22. The Morgan fingerprint density at radius 1 is 1.06 bits per heavy atom. The maximum absolute atomic E-state index is 12.8. The number of sulfonamides is 1. The molecule has 1 fully saturated rings. The highest BCUT2D eigenvalue weighted by Gasteiger charge is 2.38. The third-order valence-corrected chi connectivity index (χ3v) is 6.59. The molecule has 0 spiro atoms. The highest BCUT2D eigenvalue weighted by atomic mass is 32.2. The van der Waals surface area contributed by atoms with E-state index in [1.807, 2.05) is 41.3 Å². The molecule has 188 valence electrons. The maximum atomic E-state index is 12.8. The average molecular weight is 509 g/mol. The topological polar surface area (TPSA) is 140 Å². The first-order valence-electron chi connectivity index (χ1n) is 11.4. The zero-order valence-corrected chi connectivity index (χ0v) is 20.7. The third-order valence-electron chi connectivity index (χ3n) is 6.10. The second kappa shape index (κ2) is 10.7. The number of hydrogen-bond donors (Lipinski definition) is 2. The van der Waals surface area contributed by atoms with E-state index in [0.29, 0.717) is 38.2 Å². The summed E-state index contributed by atoms with van der Waals surface area (Å²) in [6.45, 7) is 1.29. The molecular formula is C25H28N6O4S. The van der Waals surface area contributed by atoms with Gasteiger partial charge in [0.2, 0.25) is 0 Å². The van der Waals surface area contributed by atoms with E-state index in [0.717, 1.165) is 11.8 Å². The summed E-state index contributed by atoms with van der Waals surface area (Å²) in [4.78, 5) is 22.6.